The van der Waals surface area contributed by atoms with Crippen molar-refractivity contribution in [2.45, 2.75) is 25.0 Å². The fourth-order valence-corrected chi connectivity index (χ4v) is 5.04. The summed E-state index contributed by atoms with van der Waals surface area (Å²) in [5.74, 6) is 2.68. The molecule has 0 unspecified atom stereocenters. The van der Waals surface area contributed by atoms with E-state index in [-0.39, 0.29) is 11.7 Å². The van der Waals surface area contributed by atoms with Crippen LogP contribution in [0.5, 0.6) is 28.7 Å². The molecule has 0 bridgehead atoms. The lowest BCUT2D eigenvalue weighted by atomic mass is 9.79. The number of aromatic hydroxyl groups is 1. The van der Waals surface area contributed by atoms with Gasteiger partial charge in [0.25, 0.3) is 0 Å². The van der Waals surface area contributed by atoms with Crippen molar-refractivity contribution in [3.8, 4) is 28.7 Å². The zero-order chi connectivity index (χ0) is 22.6. The zero-order valence-corrected chi connectivity index (χ0v) is 18.5. The van der Waals surface area contributed by atoms with Crippen molar-refractivity contribution in [2.24, 2.45) is 0 Å². The molecule has 4 aromatic carbocycles. The van der Waals surface area contributed by atoms with E-state index in [0.717, 1.165) is 39.0 Å². The van der Waals surface area contributed by atoms with Crippen LogP contribution < -0.4 is 18.9 Å². The Hall–Kier alpha value is -3.86. The van der Waals surface area contributed by atoms with Gasteiger partial charge in [-0.2, -0.15) is 0 Å². The number of phenolic OH excluding ortho intramolecular Hbond substituents is 1. The summed E-state index contributed by atoms with van der Waals surface area (Å²) < 4.78 is 24.0. The van der Waals surface area contributed by atoms with Crippen LogP contribution in [-0.2, 0) is 12.2 Å². The molecule has 0 amide bonds. The predicted molar refractivity (Wildman–Crippen MR) is 126 cm³/mol. The van der Waals surface area contributed by atoms with Crippen LogP contribution in [0.3, 0.4) is 0 Å². The molecule has 1 N–H and O–H groups in total. The van der Waals surface area contributed by atoms with Crippen molar-refractivity contribution in [1.82, 2.24) is 0 Å². The van der Waals surface area contributed by atoms with Crippen LogP contribution in [0.4, 0.5) is 0 Å². The largest absolute Gasteiger partial charge is 0.504 e. The molecule has 0 fully saturated rings. The summed E-state index contributed by atoms with van der Waals surface area (Å²) in [4.78, 5) is 0. The molecule has 0 saturated heterocycles. The summed E-state index contributed by atoms with van der Waals surface area (Å²) >= 11 is 0. The van der Waals surface area contributed by atoms with Gasteiger partial charge >= 0.3 is 0 Å². The number of methoxy groups -OCH3 is 1. The minimum absolute atomic E-state index is 0.0357. The van der Waals surface area contributed by atoms with E-state index in [4.69, 9.17) is 18.9 Å². The molecule has 0 spiro atoms. The number of benzene rings is 4. The molecule has 0 radical (unpaired) electrons. The first-order chi connectivity index (χ1) is 16.1. The Labute approximate surface area is 192 Å². The lowest BCUT2D eigenvalue weighted by molar-refractivity contribution is 0.0432. The van der Waals surface area contributed by atoms with E-state index in [1.54, 1.807) is 19.2 Å². The maximum Gasteiger partial charge on any atom is 0.165 e. The Bertz CT molecular complexity index is 1370. The van der Waals surface area contributed by atoms with Crippen molar-refractivity contribution >= 4 is 10.8 Å². The van der Waals surface area contributed by atoms with E-state index >= 15 is 0 Å². The normalized spacial score (nSPS) is 20.2. The molecule has 5 heteroatoms. The molecule has 5 nitrogen and oxygen atoms in total. The Kier molecular flexibility index (Phi) is 4.40. The van der Waals surface area contributed by atoms with Crippen LogP contribution in [0, 0.1) is 0 Å². The van der Waals surface area contributed by atoms with Gasteiger partial charge in [-0.25, -0.2) is 0 Å². The van der Waals surface area contributed by atoms with Crippen LogP contribution in [0.15, 0.2) is 72.8 Å². The molecule has 33 heavy (non-hydrogen) atoms. The molecule has 2 aliphatic rings. The molecule has 0 saturated carbocycles. The van der Waals surface area contributed by atoms with Crippen LogP contribution in [0.25, 0.3) is 10.8 Å². The minimum Gasteiger partial charge on any atom is -0.504 e. The Morgan fingerprint density at radius 3 is 2.73 bits per heavy atom. The van der Waals surface area contributed by atoms with E-state index in [0.29, 0.717) is 24.7 Å². The second kappa shape index (κ2) is 7.34. The average molecular weight is 440 g/mol. The highest BCUT2D eigenvalue weighted by atomic mass is 16.5. The maximum atomic E-state index is 10.8. The summed E-state index contributed by atoms with van der Waals surface area (Å²) in [5, 5.41) is 13.1. The van der Waals surface area contributed by atoms with Crippen molar-refractivity contribution in [1.29, 1.82) is 0 Å². The van der Waals surface area contributed by atoms with Gasteiger partial charge < -0.3 is 24.1 Å². The van der Waals surface area contributed by atoms with Crippen LogP contribution in [0.1, 0.15) is 29.5 Å². The maximum absolute atomic E-state index is 10.8. The standard InChI is InChI=1S/C28H24O5/c1-28-22-11-10-19(30-2)12-26(22)32-16-23(28)21-13-24(29)27(14-25(21)33-28)31-15-18-8-5-7-17-6-3-4-9-20(17)18/h3-14,23,29H,15-16H2,1-2H3/t23-,28-/m1/s1. The Morgan fingerprint density at radius 2 is 1.85 bits per heavy atom. The number of fused-ring (bicyclic) bond motifs is 6. The third-order valence-electron chi connectivity index (χ3n) is 6.85. The third kappa shape index (κ3) is 3.07. The molecule has 4 aromatic rings. The molecule has 2 atom stereocenters. The molecule has 166 valence electrons. The van der Waals surface area contributed by atoms with Gasteiger partial charge in [0.1, 0.15) is 29.5 Å². The van der Waals surface area contributed by atoms with Crippen molar-refractivity contribution in [3.05, 3.63) is 89.5 Å². The second-order valence-electron chi connectivity index (χ2n) is 8.72. The first-order valence-electron chi connectivity index (χ1n) is 11.0. The number of phenols is 1. The van der Waals surface area contributed by atoms with Gasteiger partial charge in [0, 0.05) is 23.3 Å². The molecule has 0 aromatic heterocycles. The quantitative estimate of drug-likeness (QED) is 0.427. The third-order valence-corrected chi connectivity index (χ3v) is 6.85. The van der Waals surface area contributed by atoms with Gasteiger partial charge in [0.2, 0.25) is 0 Å². The van der Waals surface area contributed by atoms with Crippen molar-refractivity contribution in [3.63, 3.8) is 0 Å². The summed E-state index contributed by atoms with van der Waals surface area (Å²) in [6, 6.07) is 23.7. The van der Waals surface area contributed by atoms with Gasteiger partial charge in [0.15, 0.2) is 11.5 Å². The lowest BCUT2D eigenvalue weighted by Crippen LogP contribution is -2.38. The van der Waals surface area contributed by atoms with Crippen molar-refractivity contribution < 1.29 is 24.1 Å². The van der Waals surface area contributed by atoms with E-state index in [1.165, 1.54) is 0 Å². The second-order valence-corrected chi connectivity index (χ2v) is 8.72. The van der Waals surface area contributed by atoms with Crippen molar-refractivity contribution in [2.75, 3.05) is 13.7 Å². The van der Waals surface area contributed by atoms with Gasteiger partial charge in [-0.15, -0.1) is 0 Å². The smallest absolute Gasteiger partial charge is 0.165 e. The topological polar surface area (TPSA) is 57.2 Å². The lowest BCUT2D eigenvalue weighted by Gasteiger charge is -2.37. The number of rotatable bonds is 4. The molecular weight excluding hydrogens is 416 g/mol. The summed E-state index contributed by atoms with van der Waals surface area (Å²) in [7, 11) is 1.64. The minimum atomic E-state index is -0.594. The SMILES string of the molecule is COc1ccc2c(c1)OC[C@@H]1c3cc(O)c(OCc4cccc5ccccc45)cc3O[C@]21C. The monoisotopic (exact) mass is 440 g/mol. The number of hydrogen-bond donors (Lipinski definition) is 1. The molecule has 0 aliphatic carbocycles. The molecule has 2 heterocycles. The van der Waals surface area contributed by atoms with Gasteiger partial charge in [-0.05, 0) is 41.5 Å². The fraction of sp³-hybridized carbons (Fsp3) is 0.214. The average Bonchev–Trinajstić information content (AvgIpc) is 3.13. The highest BCUT2D eigenvalue weighted by Gasteiger charge is 2.51. The zero-order valence-electron chi connectivity index (χ0n) is 18.5. The first kappa shape index (κ1) is 19.8. The van der Waals surface area contributed by atoms with Crippen LogP contribution >= 0.6 is 0 Å². The number of hydrogen-bond acceptors (Lipinski definition) is 5. The summed E-state index contributed by atoms with van der Waals surface area (Å²) in [6.45, 7) is 2.87. The van der Waals surface area contributed by atoms with E-state index in [9.17, 15) is 5.11 Å². The Balaban J connectivity index is 1.31. The van der Waals surface area contributed by atoms with E-state index in [1.807, 2.05) is 42.5 Å². The van der Waals surface area contributed by atoms with Crippen LogP contribution in [0.2, 0.25) is 0 Å². The Morgan fingerprint density at radius 1 is 1.00 bits per heavy atom. The van der Waals surface area contributed by atoms with Gasteiger partial charge in [-0.3, -0.25) is 0 Å². The van der Waals surface area contributed by atoms with E-state index < -0.39 is 5.60 Å². The predicted octanol–water partition coefficient (Wildman–Crippen LogP) is 5.92. The van der Waals surface area contributed by atoms with Gasteiger partial charge in [0.05, 0.1) is 19.6 Å². The van der Waals surface area contributed by atoms with Gasteiger partial charge in [-0.1, -0.05) is 42.5 Å². The summed E-state index contributed by atoms with van der Waals surface area (Å²) in [5.41, 5.74) is 2.36. The van der Waals surface area contributed by atoms with E-state index in [2.05, 4.69) is 25.1 Å². The molecular formula is C28H24O5. The highest BCUT2D eigenvalue weighted by Crippen LogP contribution is 2.57. The fourth-order valence-electron chi connectivity index (χ4n) is 5.04. The molecule has 6 rings (SSSR count). The summed E-state index contributed by atoms with van der Waals surface area (Å²) in [6.07, 6.45) is 0. The highest BCUT2D eigenvalue weighted by molar-refractivity contribution is 5.85. The molecule has 2 aliphatic heterocycles. The first-order valence-corrected chi connectivity index (χ1v) is 11.0. The number of ether oxygens (including phenoxy) is 4. The van der Waals surface area contributed by atoms with Crippen LogP contribution in [-0.4, -0.2) is 18.8 Å².